The van der Waals surface area contributed by atoms with Crippen molar-refractivity contribution in [2.24, 2.45) is 5.92 Å². The van der Waals surface area contributed by atoms with Crippen molar-refractivity contribution in [2.45, 2.75) is 77.4 Å². The Morgan fingerprint density at radius 1 is 1.19 bits per heavy atom. The highest BCUT2D eigenvalue weighted by Crippen LogP contribution is 2.37. The molecular formula is C26H36BFN4O5. The number of carbonyl (C=O) groups is 2. The summed E-state index contributed by atoms with van der Waals surface area (Å²) in [6, 6.07) is 6.39. The highest BCUT2D eigenvalue weighted by atomic mass is 19.1. The zero-order valence-corrected chi connectivity index (χ0v) is 22.5. The quantitative estimate of drug-likeness (QED) is 0.573. The van der Waals surface area contributed by atoms with Gasteiger partial charge in [0, 0.05) is 6.42 Å². The number of H-pyrrole nitrogens is 1. The largest absolute Gasteiger partial charge is 0.494 e. The Kier molecular flexibility index (Phi) is 7.40. The van der Waals surface area contributed by atoms with Crippen molar-refractivity contribution in [1.29, 1.82) is 0 Å². The summed E-state index contributed by atoms with van der Waals surface area (Å²) in [6.07, 6.45) is -0.0840. The van der Waals surface area contributed by atoms with Crippen molar-refractivity contribution >= 4 is 24.6 Å². The lowest BCUT2D eigenvalue weighted by atomic mass is 9.79. The van der Waals surface area contributed by atoms with Gasteiger partial charge in [-0.3, -0.25) is 4.79 Å². The predicted molar refractivity (Wildman–Crippen MR) is 138 cm³/mol. The van der Waals surface area contributed by atoms with Gasteiger partial charge in [0.05, 0.1) is 42.8 Å². The van der Waals surface area contributed by atoms with Gasteiger partial charge >= 0.3 is 13.2 Å². The van der Waals surface area contributed by atoms with Crippen LogP contribution in [0.25, 0.3) is 11.3 Å². The molecule has 1 aromatic heterocycles. The average molecular weight is 514 g/mol. The molecule has 11 heteroatoms. The maximum Gasteiger partial charge on any atom is 0.494 e. The number of aromatic amines is 1. The van der Waals surface area contributed by atoms with Crippen molar-refractivity contribution in [3.05, 3.63) is 36.3 Å². The van der Waals surface area contributed by atoms with Gasteiger partial charge in [-0.15, -0.1) is 0 Å². The number of alkyl halides is 1. The van der Waals surface area contributed by atoms with Crippen LogP contribution in [-0.2, 0) is 18.8 Å². The first-order valence-corrected chi connectivity index (χ1v) is 12.6. The number of alkyl carbamates (subject to hydrolysis) is 1. The van der Waals surface area contributed by atoms with E-state index in [0.717, 1.165) is 16.7 Å². The second kappa shape index (κ2) is 10.1. The number of aromatic nitrogens is 2. The third-order valence-electron chi connectivity index (χ3n) is 7.58. The molecule has 2 aliphatic rings. The molecule has 2 N–H and O–H groups in total. The van der Waals surface area contributed by atoms with E-state index >= 15 is 0 Å². The molecule has 4 rings (SSSR count). The number of carbonyl (C=O) groups excluding carboxylic acids is 2. The lowest BCUT2D eigenvalue weighted by Gasteiger charge is -2.32. The lowest BCUT2D eigenvalue weighted by molar-refractivity contribution is -0.135. The van der Waals surface area contributed by atoms with E-state index in [2.05, 4.69) is 20.0 Å². The summed E-state index contributed by atoms with van der Waals surface area (Å²) < 4.78 is 31.4. The Morgan fingerprint density at radius 2 is 1.81 bits per heavy atom. The first kappa shape index (κ1) is 27.1. The van der Waals surface area contributed by atoms with Crippen LogP contribution in [0.2, 0.25) is 0 Å². The van der Waals surface area contributed by atoms with Crippen molar-refractivity contribution in [3.63, 3.8) is 0 Å². The topological polar surface area (TPSA) is 106 Å². The number of benzene rings is 1. The number of hydrogen-bond acceptors (Lipinski definition) is 6. The molecule has 1 aromatic carbocycles. The first-order valence-electron chi connectivity index (χ1n) is 12.6. The summed E-state index contributed by atoms with van der Waals surface area (Å²) in [5.74, 6) is -0.0741. The van der Waals surface area contributed by atoms with Crippen molar-refractivity contribution in [2.75, 3.05) is 13.7 Å². The molecule has 200 valence electrons. The van der Waals surface area contributed by atoms with Crippen molar-refractivity contribution in [1.82, 2.24) is 20.2 Å². The molecule has 9 nitrogen and oxygen atoms in total. The number of methoxy groups -OCH3 is 1. The van der Waals surface area contributed by atoms with Crippen LogP contribution >= 0.6 is 0 Å². The van der Waals surface area contributed by atoms with Gasteiger partial charge in [-0.25, -0.2) is 14.2 Å². The van der Waals surface area contributed by atoms with Gasteiger partial charge in [-0.2, -0.15) is 0 Å². The zero-order chi connectivity index (χ0) is 27.1. The molecular weight excluding hydrogens is 478 g/mol. The SMILES string of the molecule is COC(=O)N[C@H](C(=O)N1C[C@@H](F)CC1c1ncc(-c2ccc(B3OC(C)(C)C(C)(C)O3)cc2)[nH]1)C(C)C. The van der Waals surface area contributed by atoms with Crippen LogP contribution in [-0.4, -0.2) is 71.1 Å². The van der Waals surface area contributed by atoms with E-state index in [1.165, 1.54) is 12.0 Å². The molecule has 3 heterocycles. The van der Waals surface area contributed by atoms with E-state index in [1.807, 2.05) is 65.8 Å². The Morgan fingerprint density at radius 3 is 2.38 bits per heavy atom. The molecule has 37 heavy (non-hydrogen) atoms. The Hall–Kier alpha value is -2.92. The number of hydrogen-bond donors (Lipinski definition) is 2. The van der Waals surface area contributed by atoms with Gasteiger partial charge < -0.3 is 29.2 Å². The van der Waals surface area contributed by atoms with Crippen LogP contribution in [0.4, 0.5) is 9.18 Å². The maximum atomic E-state index is 14.5. The molecule has 0 spiro atoms. The number of nitrogens with one attached hydrogen (secondary N) is 2. The fourth-order valence-corrected chi connectivity index (χ4v) is 4.62. The molecule has 0 saturated carbocycles. The zero-order valence-electron chi connectivity index (χ0n) is 22.5. The van der Waals surface area contributed by atoms with Crippen LogP contribution in [0.5, 0.6) is 0 Å². The normalized spacial score (nSPS) is 23.4. The highest BCUT2D eigenvalue weighted by molar-refractivity contribution is 6.62. The number of nitrogens with zero attached hydrogens (tertiary/aromatic N) is 2. The van der Waals surface area contributed by atoms with Gasteiger partial charge in [-0.05, 0) is 44.6 Å². The average Bonchev–Trinajstić information content (AvgIpc) is 3.52. The Labute approximate surface area is 217 Å². The third-order valence-corrected chi connectivity index (χ3v) is 7.58. The molecule has 2 saturated heterocycles. The Balaban J connectivity index is 1.51. The minimum Gasteiger partial charge on any atom is -0.453 e. The molecule has 0 bridgehead atoms. The predicted octanol–water partition coefficient (Wildman–Crippen LogP) is 3.37. The fourth-order valence-electron chi connectivity index (χ4n) is 4.62. The van der Waals surface area contributed by atoms with Crippen LogP contribution in [0.15, 0.2) is 30.5 Å². The van der Waals surface area contributed by atoms with Gasteiger partial charge in [0.1, 0.15) is 18.0 Å². The van der Waals surface area contributed by atoms with E-state index < -0.39 is 42.7 Å². The van der Waals surface area contributed by atoms with Gasteiger partial charge in [-0.1, -0.05) is 38.1 Å². The number of halogens is 1. The minimum absolute atomic E-state index is 0.0611. The smallest absolute Gasteiger partial charge is 0.453 e. The summed E-state index contributed by atoms with van der Waals surface area (Å²) in [6.45, 7) is 11.6. The first-order chi connectivity index (χ1) is 17.3. The summed E-state index contributed by atoms with van der Waals surface area (Å²) >= 11 is 0. The monoisotopic (exact) mass is 514 g/mol. The van der Waals surface area contributed by atoms with E-state index in [9.17, 15) is 14.0 Å². The number of amides is 2. The number of ether oxygens (including phenoxy) is 1. The summed E-state index contributed by atoms with van der Waals surface area (Å²) in [5, 5.41) is 2.57. The second-order valence-electron chi connectivity index (χ2n) is 11.1. The molecule has 1 unspecified atom stereocenters. The minimum atomic E-state index is -1.19. The number of rotatable bonds is 6. The van der Waals surface area contributed by atoms with Gasteiger partial charge in [0.25, 0.3) is 0 Å². The van der Waals surface area contributed by atoms with Crippen LogP contribution in [0, 0.1) is 5.92 Å². The van der Waals surface area contributed by atoms with E-state index in [1.54, 1.807) is 6.20 Å². The fraction of sp³-hybridized carbons (Fsp3) is 0.577. The van der Waals surface area contributed by atoms with E-state index in [-0.39, 0.29) is 24.8 Å². The molecule has 2 aromatic rings. The third kappa shape index (κ3) is 5.38. The van der Waals surface area contributed by atoms with Gasteiger partial charge in [0.15, 0.2) is 0 Å². The molecule has 0 radical (unpaired) electrons. The summed E-state index contributed by atoms with van der Waals surface area (Å²) in [5.41, 5.74) is 1.70. The molecule has 0 aliphatic carbocycles. The molecule has 2 amide bonds. The summed E-state index contributed by atoms with van der Waals surface area (Å²) in [4.78, 5) is 34.3. The van der Waals surface area contributed by atoms with Crippen molar-refractivity contribution < 1.29 is 28.0 Å². The highest BCUT2D eigenvalue weighted by Gasteiger charge is 2.51. The number of imidazole rings is 1. The van der Waals surface area contributed by atoms with Crippen LogP contribution < -0.4 is 10.8 Å². The number of likely N-dealkylation sites (tertiary alicyclic amines) is 1. The summed E-state index contributed by atoms with van der Waals surface area (Å²) in [7, 11) is 0.781. The second-order valence-corrected chi connectivity index (χ2v) is 11.1. The Bertz CT molecular complexity index is 1120. The van der Waals surface area contributed by atoms with Crippen molar-refractivity contribution in [3.8, 4) is 11.3 Å². The lowest BCUT2D eigenvalue weighted by Crippen LogP contribution is -2.51. The maximum absolute atomic E-state index is 14.5. The van der Waals surface area contributed by atoms with Crippen LogP contribution in [0.3, 0.4) is 0 Å². The molecule has 2 aliphatic heterocycles. The molecule has 2 fully saturated rings. The van der Waals surface area contributed by atoms with E-state index in [0.29, 0.717) is 5.82 Å². The molecule has 3 atom stereocenters. The van der Waals surface area contributed by atoms with Gasteiger partial charge in [0.2, 0.25) is 5.91 Å². The standard InChI is InChI=1S/C26H36BFN4O5/c1-15(2)21(31-24(34)35-7)23(33)32-14-18(28)12-20(32)22-29-13-19(30-22)16-8-10-17(11-9-16)27-36-25(3,4)26(5,6)37-27/h8-11,13,15,18,20-21H,12,14H2,1-7H3,(H,29,30)(H,31,34)/t18-,20?,21-/m0/s1. The van der Waals surface area contributed by atoms with Crippen LogP contribution in [0.1, 0.15) is 59.8 Å². The van der Waals surface area contributed by atoms with E-state index in [4.69, 9.17) is 9.31 Å².